The Hall–Kier alpha value is -1.69. The molecule has 2 rings (SSSR count). The summed E-state index contributed by atoms with van der Waals surface area (Å²) in [7, 11) is 0. The Morgan fingerprint density at radius 2 is 2.21 bits per heavy atom. The second-order valence-corrected chi connectivity index (χ2v) is 4.50. The molecule has 0 aliphatic carbocycles. The highest BCUT2D eigenvalue weighted by molar-refractivity contribution is 4.96. The van der Waals surface area contributed by atoms with Crippen LogP contribution < -0.4 is 5.32 Å². The van der Waals surface area contributed by atoms with Gasteiger partial charge in [-0.15, -0.1) is 0 Å². The fourth-order valence-electron chi connectivity index (χ4n) is 1.85. The van der Waals surface area contributed by atoms with E-state index < -0.39 is 0 Å². The lowest BCUT2D eigenvalue weighted by Crippen LogP contribution is -2.18. The van der Waals surface area contributed by atoms with Crippen LogP contribution in [0.25, 0.3) is 0 Å². The van der Waals surface area contributed by atoms with Crippen LogP contribution in [0.3, 0.4) is 0 Å². The number of nitrogens with zero attached hydrogens (tertiary/aromatic N) is 4. The van der Waals surface area contributed by atoms with Crippen molar-refractivity contribution in [2.45, 2.75) is 46.2 Å². The van der Waals surface area contributed by atoms with E-state index in [9.17, 15) is 0 Å². The van der Waals surface area contributed by atoms with Crippen molar-refractivity contribution in [3.63, 3.8) is 0 Å². The van der Waals surface area contributed by atoms with Crippen molar-refractivity contribution in [2.75, 3.05) is 6.54 Å². The first-order valence-corrected chi connectivity index (χ1v) is 6.85. The predicted octanol–water partition coefficient (Wildman–Crippen LogP) is 1.77. The van der Waals surface area contributed by atoms with E-state index in [-0.39, 0.29) is 0 Å². The van der Waals surface area contributed by atoms with Gasteiger partial charge in [-0.1, -0.05) is 19.0 Å². The highest BCUT2D eigenvalue weighted by Crippen LogP contribution is 2.05. The summed E-state index contributed by atoms with van der Waals surface area (Å²) in [4.78, 5) is 8.70. The zero-order chi connectivity index (χ0) is 13.5. The molecule has 0 aliphatic heterocycles. The summed E-state index contributed by atoms with van der Waals surface area (Å²) < 4.78 is 7.27. The lowest BCUT2D eigenvalue weighted by atomic mass is 10.3. The third-order valence-corrected chi connectivity index (χ3v) is 2.80. The summed E-state index contributed by atoms with van der Waals surface area (Å²) in [5.74, 6) is 2.41. The minimum Gasteiger partial charge on any atom is -0.337 e. The topological polar surface area (TPSA) is 68.8 Å². The zero-order valence-electron chi connectivity index (χ0n) is 11.6. The Morgan fingerprint density at radius 1 is 1.32 bits per heavy atom. The molecular weight excluding hydrogens is 242 g/mol. The quantitative estimate of drug-likeness (QED) is 0.735. The molecule has 2 heterocycles. The van der Waals surface area contributed by atoms with Gasteiger partial charge < -0.3 is 14.4 Å². The minimum absolute atomic E-state index is 0.583. The van der Waals surface area contributed by atoms with Gasteiger partial charge in [0.15, 0.2) is 5.82 Å². The molecule has 2 aromatic rings. The second-order valence-electron chi connectivity index (χ2n) is 4.50. The fourth-order valence-corrected chi connectivity index (χ4v) is 1.85. The molecule has 0 radical (unpaired) electrons. The van der Waals surface area contributed by atoms with Crippen molar-refractivity contribution in [3.8, 4) is 0 Å². The summed E-state index contributed by atoms with van der Waals surface area (Å²) in [6, 6.07) is 0. The van der Waals surface area contributed by atoms with Crippen LogP contribution in [0.15, 0.2) is 16.9 Å². The molecule has 0 aromatic carbocycles. The van der Waals surface area contributed by atoms with Crippen molar-refractivity contribution >= 4 is 0 Å². The van der Waals surface area contributed by atoms with E-state index in [2.05, 4.69) is 34.3 Å². The molecule has 104 valence electrons. The van der Waals surface area contributed by atoms with Crippen LogP contribution >= 0.6 is 0 Å². The highest BCUT2D eigenvalue weighted by atomic mass is 16.5. The SMILES string of the molecule is CCCNCc1nccn1Cc1nc(CCC)no1. The predicted molar refractivity (Wildman–Crippen MR) is 71.6 cm³/mol. The molecule has 19 heavy (non-hydrogen) atoms. The van der Waals surface area contributed by atoms with Gasteiger partial charge in [0.05, 0.1) is 6.54 Å². The van der Waals surface area contributed by atoms with E-state index in [4.69, 9.17) is 4.52 Å². The van der Waals surface area contributed by atoms with Gasteiger partial charge in [-0.3, -0.25) is 0 Å². The lowest BCUT2D eigenvalue weighted by Gasteiger charge is -2.05. The normalized spacial score (nSPS) is 11.1. The smallest absolute Gasteiger partial charge is 0.246 e. The highest BCUT2D eigenvalue weighted by Gasteiger charge is 2.09. The third-order valence-electron chi connectivity index (χ3n) is 2.80. The number of nitrogens with one attached hydrogen (secondary N) is 1. The van der Waals surface area contributed by atoms with Gasteiger partial charge in [0, 0.05) is 18.8 Å². The van der Waals surface area contributed by atoms with Crippen molar-refractivity contribution in [2.24, 2.45) is 0 Å². The number of hydrogen-bond donors (Lipinski definition) is 1. The van der Waals surface area contributed by atoms with Gasteiger partial charge >= 0.3 is 0 Å². The van der Waals surface area contributed by atoms with Crippen molar-refractivity contribution in [3.05, 3.63) is 29.9 Å². The number of aryl methyl sites for hydroxylation is 1. The Balaban J connectivity index is 1.96. The average Bonchev–Trinajstić information content (AvgIpc) is 3.01. The van der Waals surface area contributed by atoms with E-state index in [1.807, 2.05) is 10.8 Å². The first-order valence-electron chi connectivity index (χ1n) is 6.85. The number of imidazole rings is 1. The zero-order valence-corrected chi connectivity index (χ0v) is 11.6. The van der Waals surface area contributed by atoms with Gasteiger partial charge in [0.25, 0.3) is 0 Å². The van der Waals surface area contributed by atoms with Gasteiger partial charge in [0.1, 0.15) is 12.4 Å². The van der Waals surface area contributed by atoms with Gasteiger partial charge in [0.2, 0.25) is 5.89 Å². The number of rotatable bonds is 8. The van der Waals surface area contributed by atoms with Crippen LogP contribution in [-0.2, 0) is 19.5 Å². The molecule has 0 aliphatic rings. The molecule has 0 atom stereocenters. The molecule has 0 spiro atoms. The molecule has 6 heteroatoms. The summed E-state index contributed by atoms with van der Waals surface area (Å²) in [5.41, 5.74) is 0. The maximum atomic E-state index is 5.24. The van der Waals surface area contributed by atoms with E-state index in [0.717, 1.165) is 44.0 Å². The molecule has 0 fully saturated rings. The Morgan fingerprint density at radius 3 is 3.00 bits per heavy atom. The summed E-state index contributed by atoms with van der Waals surface area (Å²) in [6.07, 6.45) is 6.73. The minimum atomic E-state index is 0.583. The van der Waals surface area contributed by atoms with Crippen LogP contribution in [-0.4, -0.2) is 26.2 Å². The molecular formula is C13H21N5O. The van der Waals surface area contributed by atoms with Crippen molar-refractivity contribution in [1.82, 2.24) is 25.0 Å². The van der Waals surface area contributed by atoms with Crippen molar-refractivity contribution < 1.29 is 4.52 Å². The van der Waals surface area contributed by atoms with Crippen LogP contribution in [0.2, 0.25) is 0 Å². The monoisotopic (exact) mass is 263 g/mol. The van der Waals surface area contributed by atoms with Gasteiger partial charge in [-0.25, -0.2) is 4.98 Å². The van der Waals surface area contributed by atoms with Crippen LogP contribution in [0.5, 0.6) is 0 Å². The van der Waals surface area contributed by atoms with Crippen LogP contribution in [0.4, 0.5) is 0 Å². The standard InChI is InChI=1S/C13H21N5O/c1-3-5-11-16-13(19-17-11)10-18-8-7-15-12(18)9-14-6-4-2/h7-8,14H,3-6,9-10H2,1-2H3. The van der Waals surface area contributed by atoms with E-state index in [1.54, 1.807) is 6.20 Å². The molecule has 0 saturated heterocycles. The first-order chi connectivity index (χ1) is 9.33. The third kappa shape index (κ3) is 3.89. The summed E-state index contributed by atoms with van der Waals surface area (Å²) >= 11 is 0. The van der Waals surface area contributed by atoms with Gasteiger partial charge in [-0.2, -0.15) is 4.98 Å². The van der Waals surface area contributed by atoms with E-state index in [0.29, 0.717) is 12.4 Å². The molecule has 0 bridgehead atoms. The van der Waals surface area contributed by atoms with Gasteiger partial charge in [-0.05, 0) is 19.4 Å². The molecule has 1 N–H and O–H groups in total. The van der Waals surface area contributed by atoms with Crippen LogP contribution in [0, 0.1) is 0 Å². The fraction of sp³-hybridized carbons (Fsp3) is 0.615. The molecule has 0 unspecified atom stereocenters. The average molecular weight is 263 g/mol. The van der Waals surface area contributed by atoms with E-state index in [1.165, 1.54) is 0 Å². The number of hydrogen-bond acceptors (Lipinski definition) is 5. The lowest BCUT2D eigenvalue weighted by molar-refractivity contribution is 0.364. The Kier molecular flexibility index (Phi) is 5.09. The maximum absolute atomic E-state index is 5.24. The van der Waals surface area contributed by atoms with Crippen molar-refractivity contribution in [1.29, 1.82) is 0 Å². The molecule has 2 aromatic heterocycles. The molecule has 6 nitrogen and oxygen atoms in total. The van der Waals surface area contributed by atoms with E-state index >= 15 is 0 Å². The largest absolute Gasteiger partial charge is 0.337 e. The Bertz CT molecular complexity index is 491. The summed E-state index contributed by atoms with van der Waals surface area (Å²) in [6.45, 7) is 6.58. The number of aromatic nitrogens is 4. The first kappa shape index (κ1) is 13.7. The second kappa shape index (κ2) is 7.04. The molecule has 0 saturated carbocycles. The van der Waals surface area contributed by atoms with Crippen LogP contribution in [0.1, 0.15) is 44.2 Å². The molecule has 0 amide bonds. The Labute approximate surface area is 113 Å². The summed E-state index contributed by atoms with van der Waals surface area (Å²) in [5, 5.41) is 7.30. The maximum Gasteiger partial charge on any atom is 0.246 e.